The molecule has 0 spiro atoms. The molecule has 1 N–H and O–H groups in total. The van der Waals surface area contributed by atoms with E-state index in [0.717, 1.165) is 31.4 Å². The van der Waals surface area contributed by atoms with Crippen LogP contribution in [0.1, 0.15) is 31.4 Å². The van der Waals surface area contributed by atoms with Gasteiger partial charge < -0.3 is 10.2 Å². The molecule has 22 heavy (non-hydrogen) atoms. The minimum Gasteiger partial charge on any atom is -0.353 e. The third kappa shape index (κ3) is 3.55. The van der Waals surface area contributed by atoms with Crippen LogP contribution in [0.5, 0.6) is 0 Å². The number of aryl methyl sites for hydroxylation is 1. The van der Waals surface area contributed by atoms with Gasteiger partial charge in [0.15, 0.2) is 0 Å². The highest BCUT2D eigenvalue weighted by atomic mass is 16.2. The van der Waals surface area contributed by atoms with Crippen LogP contribution in [0, 0.1) is 5.92 Å². The highest BCUT2D eigenvalue weighted by molar-refractivity contribution is 5.91. The maximum Gasteiger partial charge on any atom is 0.246 e. The van der Waals surface area contributed by atoms with Gasteiger partial charge in [-0.05, 0) is 37.8 Å². The number of carbonyl (C=O) groups is 2. The third-order valence-electron chi connectivity index (χ3n) is 4.36. The van der Waals surface area contributed by atoms with Crippen LogP contribution in [0.3, 0.4) is 0 Å². The van der Waals surface area contributed by atoms with Crippen molar-refractivity contribution >= 4 is 17.9 Å². The summed E-state index contributed by atoms with van der Waals surface area (Å²) in [4.78, 5) is 25.8. The lowest BCUT2D eigenvalue weighted by Gasteiger charge is -2.31. The maximum absolute atomic E-state index is 12.2. The Morgan fingerprint density at radius 3 is 2.59 bits per heavy atom. The molecule has 0 radical (unpaired) electrons. The summed E-state index contributed by atoms with van der Waals surface area (Å²) in [5.41, 5.74) is 0.903. The highest BCUT2D eigenvalue weighted by Gasteiger charge is 2.32. The van der Waals surface area contributed by atoms with Crippen molar-refractivity contribution in [3.8, 4) is 0 Å². The minimum absolute atomic E-state index is 0.0215. The predicted molar refractivity (Wildman–Crippen MR) is 82.7 cm³/mol. The Labute approximate surface area is 130 Å². The second-order valence-corrected chi connectivity index (χ2v) is 6.10. The van der Waals surface area contributed by atoms with Crippen molar-refractivity contribution in [1.29, 1.82) is 0 Å². The molecule has 1 saturated carbocycles. The van der Waals surface area contributed by atoms with Gasteiger partial charge in [0.25, 0.3) is 0 Å². The van der Waals surface area contributed by atoms with E-state index in [1.807, 2.05) is 18.0 Å². The molecule has 1 aromatic rings. The van der Waals surface area contributed by atoms with Gasteiger partial charge in [-0.15, -0.1) is 0 Å². The largest absolute Gasteiger partial charge is 0.353 e. The molecular formula is C16H22N4O2. The van der Waals surface area contributed by atoms with E-state index in [1.54, 1.807) is 23.0 Å². The van der Waals surface area contributed by atoms with Gasteiger partial charge >= 0.3 is 0 Å². The molecule has 1 aliphatic heterocycles. The Balaban J connectivity index is 1.46. The number of rotatable bonds is 4. The van der Waals surface area contributed by atoms with Crippen molar-refractivity contribution in [2.24, 2.45) is 13.0 Å². The van der Waals surface area contributed by atoms with Crippen LogP contribution < -0.4 is 5.32 Å². The topological polar surface area (TPSA) is 67.2 Å². The van der Waals surface area contributed by atoms with Gasteiger partial charge in [-0.2, -0.15) is 5.10 Å². The number of hydrogen-bond acceptors (Lipinski definition) is 3. The van der Waals surface area contributed by atoms with E-state index < -0.39 is 0 Å². The number of nitrogens with zero attached hydrogens (tertiary/aromatic N) is 3. The number of nitrogens with one attached hydrogen (secondary N) is 1. The van der Waals surface area contributed by atoms with Crippen LogP contribution in [0.2, 0.25) is 0 Å². The van der Waals surface area contributed by atoms with Crippen LogP contribution in [0.15, 0.2) is 18.3 Å². The Morgan fingerprint density at radius 2 is 2.00 bits per heavy atom. The van der Waals surface area contributed by atoms with Gasteiger partial charge in [-0.1, -0.05) is 0 Å². The van der Waals surface area contributed by atoms with Crippen molar-refractivity contribution in [1.82, 2.24) is 20.0 Å². The predicted octanol–water partition coefficient (Wildman–Crippen LogP) is 0.950. The number of likely N-dealkylation sites (tertiary alicyclic amines) is 1. The van der Waals surface area contributed by atoms with Gasteiger partial charge in [0.05, 0.1) is 5.69 Å². The average molecular weight is 302 g/mol. The highest BCUT2D eigenvalue weighted by Crippen LogP contribution is 2.29. The third-order valence-corrected chi connectivity index (χ3v) is 4.36. The van der Waals surface area contributed by atoms with Crippen LogP contribution in [0.25, 0.3) is 6.08 Å². The molecule has 1 saturated heterocycles. The summed E-state index contributed by atoms with van der Waals surface area (Å²) < 4.78 is 1.73. The summed E-state index contributed by atoms with van der Waals surface area (Å²) in [5, 5.41) is 7.16. The van der Waals surface area contributed by atoms with Gasteiger partial charge in [0.1, 0.15) is 0 Å². The minimum atomic E-state index is 0.0215. The van der Waals surface area contributed by atoms with Crippen LogP contribution >= 0.6 is 0 Å². The van der Waals surface area contributed by atoms with Crippen molar-refractivity contribution in [3.05, 3.63) is 24.0 Å². The summed E-state index contributed by atoms with van der Waals surface area (Å²) in [5.74, 6) is 0.468. The molecule has 6 heteroatoms. The van der Waals surface area contributed by atoms with E-state index in [-0.39, 0.29) is 23.8 Å². The first kappa shape index (κ1) is 14.8. The molecule has 0 unspecified atom stereocenters. The number of piperidine rings is 1. The molecule has 2 aliphatic rings. The summed E-state index contributed by atoms with van der Waals surface area (Å²) in [7, 11) is 1.85. The van der Waals surface area contributed by atoms with Crippen molar-refractivity contribution in [2.75, 3.05) is 13.1 Å². The molecule has 0 aromatic carbocycles. The molecule has 2 fully saturated rings. The quantitative estimate of drug-likeness (QED) is 0.842. The Kier molecular flexibility index (Phi) is 4.27. The van der Waals surface area contributed by atoms with Gasteiger partial charge in [0, 0.05) is 44.4 Å². The molecule has 2 amide bonds. The fraction of sp³-hybridized carbons (Fsp3) is 0.562. The van der Waals surface area contributed by atoms with Crippen molar-refractivity contribution in [3.63, 3.8) is 0 Å². The van der Waals surface area contributed by atoms with Gasteiger partial charge in [-0.25, -0.2) is 0 Å². The monoisotopic (exact) mass is 302 g/mol. The van der Waals surface area contributed by atoms with E-state index in [2.05, 4.69) is 10.4 Å². The standard InChI is InChI=1S/C16H22N4O2/c1-19-14(6-9-17-19)4-5-15(21)20-10-7-13(8-11-20)18-16(22)12-2-3-12/h4-6,9,12-13H,2-3,7-8,10-11H2,1H3,(H,18,22). The number of aromatic nitrogens is 2. The van der Waals surface area contributed by atoms with Crippen molar-refractivity contribution < 1.29 is 9.59 Å². The molecule has 1 aromatic heterocycles. The van der Waals surface area contributed by atoms with E-state index >= 15 is 0 Å². The van der Waals surface area contributed by atoms with Crippen LogP contribution in [0.4, 0.5) is 0 Å². The first-order valence-electron chi connectivity index (χ1n) is 7.89. The van der Waals surface area contributed by atoms with E-state index in [4.69, 9.17) is 0 Å². The molecule has 0 atom stereocenters. The smallest absolute Gasteiger partial charge is 0.246 e. The van der Waals surface area contributed by atoms with Gasteiger partial charge in [0.2, 0.25) is 11.8 Å². The van der Waals surface area contributed by atoms with Crippen LogP contribution in [-0.2, 0) is 16.6 Å². The lowest BCUT2D eigenvalue weighted by molar-refractivity contribution is -0.127. The van der Waals surface area contributed by atoms with Crippen molar-refractivity contribution in [2.45, 2.75) is 31.7 Å². The van der Waals surface area contributed by atoms with E-state index in [0.29, 0.717) is 13.1 Å². The Bertz CT molecular complexity index is 581. The zero-order valence-electron chi connectivity index (χ0n) is 12.9. The molecular weight excluding hydrogens is 280 g/mol. The zero-order chi connectivity index (χ0) is 15.5. The number of amides is 2. The molecule has 2 heterocycles. The molecule has 1 aliphatic carbocycles. The maximum atomic E-state index is 12.2. The van der Waals surface area contributed by atoms with E-state index in [9.17, 15) is 9.59 Å². The second kappa shape index (κ2) is 6.34. The zero-order valence-corrected chi connectivity index (χ0v) is 12.9. The lowest BCUT2D eigenvalue weighted by atomic mass is 10.0. The number of hydrogen-bond donors (Lipinski definition) is 1. The SMILES string of the molecule is Cn1nccc1C=CC(=O)N1CCC(NC(=O)C2CC2)CC1. The first-order valence-corrected chi connectivity index (χ1v) is 7.89. The first-order chi connectivity index (χ1) is 10.6. The van der Waals surface area contributed by atoms with Gasteiger partial charge in [-0.3, -0.25) is 14.3 Å². The molecule has 0 bridgehead atoms. The molecule has 118 valence electrons. The van der Waals surface area contributed by atoms with E-state index in [1.165, 1.54) is 0 Å². The molecule has 3 rings (SSSR count). The van der Waals surface area contributed by atoms with Crippen LogP contribution in [-0.4, -0.2) is 45.6 Å². The second-order valence-electron chi connectivity index (χ2n) is 6.10. The Hall–Kier alpha value is -2.11. The number of carbonyl (C=O) groups excluding carboxylic acids is 2. The summed E-state index contributed by atoms with van der Waals surface area (Å²) in [6.07, 6.45) is 8.83. The lowest BCUT2D eigenvalue weighted by Crippen LogP contribution is -2.46. The fourth-order valence-electron chi connectivity index (χ4n) is 2.72. The molecule has 6 nitrogen and oxygen atoms in total. The summed E-state index contributed by atoms with van der Waals surface area (Å²) in [6, 6.07) is 2.09. The Morgan fingerprint density at radius 1 is 1.27 bits per heavy atom. The summed E-state index contributed by atoms with van der Waals surface area (Å²) in [6.45, 7) is 1.40. The summed E-state index contributed by atoms with van der Waals surface area (Å²) >= 11 is 0. The fourth-order valence-corrected chi connectivity index (χ4v) is 2.72. The normalized spacial score (nSPS) is 19.6. The average Bonchev–Trinajstić information content (AvgIpc) is 3.29.